The van der Waals surface area contributed by atoms with Crippen molar-refractivity contribution in [1.82, 2.24) is 14.8 Å². The summed E-state index contributed by atoms with van der Waals surface area (Å²) in [6, 6.07) is 11.3. The third-order valence-corrected chi connectivity index (χ3v) is 6.38. The number of hydrogen-bond donors (Lipinski definition) is 1. The SMILES string of the molecule is O=C(Nc1cccc(Cl)c1)N1CCN(Cc2nc(-c3cccs3)cs2)CC1. The number of aromatic nitrogens is 1. The number of benzene rings is 1. The van der Waals surface area contributed by atoms with E-state index in [9.17, 15) is 4.79 Å². The number of anilines is 1. The highest BCUT2D eigenvalue weighted by Crippen LogP contribution is 2.26. The van der Waals surface area contributed by atoms with Crippen LogP contribution in [0, 0.1) is 0 Å². The molecule has 140 valence electrons. The highest BCUT2D eigenvalue weighted by atomic mass is 35.5. The van der Waals surface area contributed by atoms with Crippen LogP contribution < -0.4 is 5.32 Å². The predicted octanol–water partition coefficient (Wildman–Crippen LogP) is 4.87. The Morgan fingerprint density at radius 3 is 2.74 bits per heavy atom. The van der Waals surface area contributed by atoms with E-state index in [4.69, 9.17) is 16.6 Å². The van der Waals surface area contributed by atoms with Crippen molar-refractivity contribution in [2.24, 2.45) is 0 Å². The normalized spacial score (nSPS) is 15.1. The molecule has 2 amide bonds. The third-order valence-electron chi connectivity index (χ3n) is 4.42. The Hall–Kier alpha value is -1.93. The van der Waals surface area contributed by atoms with E-state index in [1.54, 1.807) is 34.8 Å². The number of thiazole rings is 1. The van der Waals surface area contributed by atoms with Gasteiger partial charge in [-0.15, -0.1) is 22.7 Å². The molecule has 0 unspecified atom stereocenters. The maximum atomic E-state index is 12.4. The van der Waals surface area contributed by atoms with Gasteiger partial charge in [-0.3, -0.25) is 4.90 Å². The van der Waals surface area contributed by atoms with Crippen LogP contribution in [0.1, 0.15) is 5.01 Å². The van der Waals surface area contributed by atoms with Crippen molar-refractivity contribution in [3.05, 3.63) is 57.2 Å². The molecule has 0 radical (unpaired) electrons. The van der Waals surface area contributed by atoms with E-state index in [1.807, 2.05) is 23.1 Å². The number of amides is 2. The summed E-state index contributed by atoms with van der Waals surface area (Å²) in [5, 5.41) is 8.84. The fraction of sp³-hybridized carbons (Fsp3) is 0.263. The molecule has 1 aliphatic rings. The molecule has 5 nitrogen and oxygen atoms in total. The van der Waals surface area contributed by atoms with E-state index >= 15 is 0 Å². The quantitative estimate of drug-likeness (QED) is 0.657. The van der Waals surface area contributed by atoms with Crippen LogP contribution in [-0.2, 0) is 6.54 Å². The zero-order chi connectivity index (χ0) is 18.6. The lowest BCUT2D eigenvalue weighted by molar-refractivity contribution is 0.143. The molecule has 0 saturated carbocycles. The first-order valence-corrected chi connectivity index (χ1v) is 10.8. The summed E-state index contributed by atoms with van der Waals surface area (Å²) in [6.45, 7) is 3.93. The van der Waals surface area contributed by atoms with E-state index in [0.717, 1.165) is 36.0 Å². The Labute approximate surface area is 171 Å². The van der Waals surface area contributed by atoms with Crippen molar-refractivity contribution in [3.63, 3.8) is 0 Å². The lowest BCUT2D eigenvalue weighted by Crippen LogP contribution is -2.49. The number of nitrogens with zero attached hydrogens (tertiary/aromatic N) is 3. The van der Waals surface area contributed by atoms with Gasteiger partial charge in [0.15, 0.2) is 0 Å². The number of halogens is 1. The van der Waals surface area contributed by atoms with Gasteiger partial charge in [-0.2, -0.15) is 0 Å². The molecular weight excluding hydrogens is 400 g/mol. The number of nitrogens with one attached hydrogen (secondary N) is 1. The molecular formula is C19H19ClN4OS2. The minimum atomic E-state index is -0.0776. The molecule has 4 rings (SSSR count). The summed E-state index contributed by atoms with van der Waals surface area (Å²) in [5.41, 5.74) is 1.78. The Kier molecular flexibility index (Phi) is 5.73. The zero-order valence-electron chi connectivity index (χ0n) is 14.6. The first kappa shape index (κ1) is 18.4. The van der Waals surface area contributed by atoms with Gasteiger partial charge >= 0.3 is 6.03 Å². The van der Waals surface area contributed by atoms with Gasteiger partial charge in [-0.25, -0.2) is 9.78 Å². The van der Waals surface area contributed by atoms with E-state index in [1.165, 1.54) is 4.88 Å². The van der Waals surface area contributed by atoms with Gasteiger partial charge in [0.05, 0.1) is 17.1 Å². The van der Waals surface area contributed by atoms with Crippen LogP contribution in [0.4, 0.5) is 10.5 Å². The Balaban J connectivity index is 1.28. The molecule has 0 atom stereocenters. The second kappa shape index (κ2) is 8.39. The zero-order valence-corrected chi connectivity index (χ0v) is 17.0. The number of rotatable bonds is 4. The average Bonchev–Trinajstić information content (AvgIpc) is 3.34. The molecule has 1 aliphatic heterocycles. The van der Waals surface area contributed by atoms with Gasteiger partial charge in [-0.05, 0) is 29.6 Å². The number of carbonyl (C=O) groups excluding carboxylic acids is 1. The molecule has 0 spiro atoms. The van der Waals surface area contributed by atoms with E-state index < -0.39 is 0 Å². The molecule has 0 bridgehead atoms. The number of thiophene rings is 1. The highest BCUT2D eigenvalue weighted by Gasteiger charge is 2.22. The van der Waals surface area contributed by atoms with Crippen LogP contribution in [0.5, 0.6) is 0 Å². The van der Waals surface area contributed by atoms with Crippen molar-refractivity contribution in [2.75, 3.05) is 31.5 Å². The first-order chi connectivity index (χ1) is 13.2. The minimum absolute atomic E-state index is 0.0776. The van der Waals surface area contributed by atoms with Gasteiger partial charge in [-0.1, -0.05) is 23.7 Å². The second-order valence-electron chi connectivity index (χ2n) is 6.31. The maximum Gasteiger partial charge on any atom is 0.321 e. The average molecular weight is 419 g/mol. The molecule has 2 aromatic heterocycles. The Morgan fingerprint density at radius 1 is 1.15 bits per heavy atom. The van der Waals surface area contributed by atoms with Gasteiger partial charge in [0, 0.05) is 42.3 Å². The number of urea groups is 1. The van der Waals surface area contributed by atoms with Crippen molar-refractivity contribution in [3.8, 4) is 10.6 Å². The summed E-state index contributed by atoms with van der Waals surface area (Å²) in [5.74, 6) is 0. The summed E-state index contributed by atoms with van der Waals surface area (Å²) >= 11 is 9.38. The molecule has 3 aromatic rings. The summed E-state index contributed by atoms with van der Waals surface area (Å²) < 4.78 is 0. The first-order valence-electron chi connectivity index (χ1n) is 8.69. The highest BCUT2D eigenvalue weighted by molar-refractivity contribution is 7.14. The predicted molar refractivity (Wildman–Crippen MR) is 113 cm³/mol. The molecule has 1 saturated heterocycles. The monoisotopic (exact) mass is 418 g/mol. The van der Waals surface area contributed by atoms with Crippen LogP contribution >= 0.6 is 34.3 Å². The van der Waals surface area contributed by atoms with E-state index in [0.29, 0.717) is 18.1 Å². The molecule has 27 heavy (non-hydrogen) atoms. The number of carbonyl (C=O) groups is 1. The Bertz CT molecular complexity index is 904. The molecule has 1 aromatic carbocycles. The summed E-state index contributed by atoms with van der Waals surface area (Å²) in [7, 11) is 0. The van der Waals surface area contributed by atoms with E-state index in [2.05, 4.69) is 27.0 Å². The summed E-state index contributed by atoms with van der Waals surface area (Å²) in [4.78, 5) is 22.6. The fourth-order valence-corrected chi connectivity index (χ4v) is 4.78. The summed E-state index contributed by atoms with van der Waals surface area (Å²) in [6.07, 6.45) is 0. The van der Waals surface area contributed by atoms with Gasteiger partial charge in [0.1, 0.15) is 5.01 Å². The molecule has 8 heteroatoms. The number of hydrogen-bond acceptors (Lipinski definition) is 5. The lowest BCUT2D eigenvalue weighted by atomic mass is 10.3. The molecule has 3 heterocycles. The van der Waals surface area contributed by atoms with Crippen LogP contribution in [-0.4, -0.2) is 47.0 Å². The van der Waals surface area contributed by atoms with Gasteiger partial charge < -0.3 is 10.2 Å². The number of piperazine rings is 1. The molecule has 0 aliphatic carbocycles. The largest absolute Gasteiger partial charge is 0.322 e. The van der Waals surface area contributed by atoms with Gasteiger partial charge in [0.2, 0.25) is 0 Å². The van der Waals surface area contributed by atoms with Crippen molar-refractivity contribution in [2.45, 2.75) is 6.54 Å². The second-order valence-corrected chi connectivity index (χ2v) is 8.63. The lowest BCUT2D eigenvalue weighted by Gasteiger charge is -2.34. The van der Waals surface area contributed by atoms with Crippen molar-refractivity contribution in [1.29, 1.82) is 0 Å². The van der Waals surface area contributed by atoms with Crippen LogP contribution in [0.25, 0.3) is 10.6 Å². The van der Waals surface area contributed by atoms with Crippen LogP contribution in [0.15, 0.2) is 47.2 Å². The standard InChI is InChI=1S/C19H19ClN4OS2/c20-14-3-1-4-15(11-14)21-19(25)24-8-6-23(7-9-24)12-18-22-16(13-27-18)17-5-2-10-26-17/h1-5,10-11,13H,6-9,12H2,(H,21,25). The minimum Gasteiger partial charge on any atom is -0.322 e. The van der Waals surface area contributed by atoms with Crippen molar-refractivity contribution < 1.29 is 4.79 Å². The van der Waals surface area contributed by atoms with Crippen LogP contribution in [0.3, 0.4) is 0 Å². The maximum absolute atomic E-state index is 12.4. The smallest absolute Gasteiger partial charge is 0.321 e. The van der Waals surface area contributed by atoms with Crippen LogP contribution in [0.2, 0.25) is 5.02 Å². The Morgan fingerprint density at radius 2 is 2.00 bits per heavy atom. The molecule has 1 N–H and O–H groups in total. The van der Waals surface area contributed by atoms with Gasteiger partial charge in [0.25, 0.3) is 0 Å². The topological polar surface area (TPSA) is 48.5 Å². The van der Waals surface area contributed by atoms with E-state index in [-0.39, 0.29) is 6.03 Å². The fourth-order valence-electron chi connectivity index (χ4n) is 2.99. The third kappa shape index (κ3) is 4.68. The molecule has 1 fully saturated rings. The van der Waals surface area contributed by atoms with Crippen molar-refractivity contribution >= 4 is 46.0 Å².